The van der Waals surface area contributed by atoms with Gasteiger partial charge in [-0.2, -0.15) is 0 Å². The van der Waals surface area contributed by atoms with E-state index in [-0.39, 0.29) is 17.5 Å². The van der Waals surface area contributed by atoms with E-state index in [9.17, 15) is 9.59 Å². The van der Waals surface area contributed by atoms with Crippen LogP contribution in [-0.2, 0) is 0 Å². The van der Waals surface area contributed by atoms with Crippen LogP contribution in [0.25, 0.3) is 11.3 Å². The lowest BCUT2D eigenvalue weighted by atomic mass is 10.1. The SMILES string of the molecule is CCN1CCN(C(=O)c2cccc(-c3cnc(C)c(C(=O)Nc4ccccc4)n3)c2)CC1. The highest BCUT2D eigenvalue weighted by Gasteiger charge is 2.22. The van der Waals surface area contributed by atoms with Gasteiger partial charge in [-0.1, -0.05) is 37.3 Å². The van der Waals surface area contributed by atoms with Gasteiger partial charge in [0.15, 0.2) is 0 Å². The van der Waals surface area contributed by atoms with Gasteiger partial charge in [0, 0.05) is 43.0 Å². The maximum atomic E-state index is 13.0. The van der Waals surface area contributed by atoms with E-state index in [1.165, 1.54) is 0 Å². The van der Waals surface area contributed by atoms with E-state index >= 15 is 0 Å². The Morgan fingerprint density at radius 3 is 2.47 bits per heavy atom. The first-order valence-corrected chi connectivity index (χ1v) is 10.9. The highest BCUT2D eigenvalue weighted by Crippen LogP contribution is 2.21. The fourth-order valence-electron chi connectivity index (χ4n) is 3.78. The summed E-state index contributed by atoms with van der Waals surface area (Å²) in [4.78, 5) is 39.0. The van der Waals surface area contributed by atoms with Crippen LogP contribution in [0.5, 0.6) is 0 Å². The summed E-state index contributed by atoms with van der Waals surface area (Å²) in [5.41, 5.74) is 3.43. The molecule has 1 fully saturated rings. The number of amides is 2. The molecule has 0 atom stereocenters. The molecule has 1 aliphatic rings. The number of piperazine rings is 1. The maximum absolute atomic E-state index is 13.0. The third-order valence-electron chi connectivity index (χ3n) is 5.71. The highest BCUT2D eigenvalue weighted by atomic mass is 16.2. The predicted molar refractivity (Wildman–Crippen MR) is 125 cm³/mol. The van der Waals surface area contributed by atoms with Crippen LogP contribution < -0.4 is 5.32 Å². The molecule has 1 N–H and O–H groups in total. The molecule has 7 nitrogen and oxygen atoms in total. The van der Waals surface area contributed by atoms with Gasteiger partial charge in [-0.3, -0.25) is 14.6 Å². The number of anilines is 1. The van der Waals surface area contributed by atoms with Crippen LogP contribution in [-0.4, -0.2) is 64.3 Å². The summed E-state index contributed by atoms with van der Waals surface area (Å²) in [5, 5.41) is 2.85. The number of hydrogen-bond donors (Lipinski definition) is 1. The summed E-state index contributed by atoms with van der Waals surface area (Å²) in [7, 11) is 0. The van der Waals surface area contributed by atoms with Crippen molar-refractivity contribution in [1.82, 2.24) is 19.8 Å². The van der Waals surface area contributed by atoms with E-state index in [1.54, 1.807) is 13.1 Å². The minimum absolute atomic E-state index is 0.0183. The number of hydrogen-bond acceptors (Lipinski definition) is 5. The Bertz CT molecular complexity index is 1110. The number of carbonyl (C=O) groups excluding carboxylic acids is 2. The summed E-state index contributed by atoms with van der Waals surface area (Å²) < 4.78 is 0. The van der Waals surface area contributed by atoms with Crippen LogP contribution in [0.15, 0.2) is 60.8 Å². The molecule has 1 aromatic heterocycles. The molecule has 2 amide bonds. The van der Waals surface area contributed by atoms with Crippen molar-refractivity contribution < 1.29 is 9.59 Å². The molecule has 0 bridgehead atoms. The molecule has 2 aromatic carbocycles. The van der Waals surface area contributed by atoms with Crippen molar-refractivity contribution in [2.45, 2.75) is 13.8 Å². The molecular weight excluding hydrogens is 402 g/mol. The van der Waals surface area contributed by atoms with Gasteiger partial charge in [-0.25, -0.2) is 4.98 Å². The molecule has 4 rings (SSSR count). The van der Waals surface area contributed by atoms with Gasteiger partial charge in [-0.05, 0) is 37.7 Å². The van der Waals surface area contributed by atoms with Gasteiger partial charge in [0.05, 0.1) is 17.6 Å². The molecule has 0 saturated carbocycles. The topological polar surface area (TPSA) is 78.4 Å². The zero-order valence-corrected chi connectivity index (χ0v) is 18.4. The number of carbonyl (C=O) groups is 2. The van der Waals surface area contributed by atoms with Gasteiger partial charge in [0.25, 0.3) is 11.8 Å². The van der Waals surface area contributed by atoms with Gasteiger partial charge < -0.3 is 15.1 Å². The Labute approximate surface area is 188 Å². The third-order valence-corrected chi connectivity index (χ3v) is 5.71. The monoisotopic (exact) mass is 429 g/mol. The molecule has 32 heavy (non-hydrogen) atoms. The van der Waals surface area contributed by atoms with Crippen LogP contribution >= 0.6 is 0 Å². The van der Waals surface area contributed by atoms with Crippen LogP contribution in [0.1, 0.15) is 33.5 Å². The minimum Gasteiger partial charge on any atom is -0.336 e. The van der Waals surface area contributed by atoms with Crippen molar-refractivity contribution in [3.05, 3.63) is 77.7 Å². The largest absolute Gasteiger partial charge is 0.336 e. The molecule has 0 spiro atoms. The normalized spacial score (nSPS) is 14.2. The second kappa shape index (κ2) is 9.70. The molecular formula is C25H27N5O2. The molecule has 1 saturated heterocycles. The summed E-state index contributed by atoms with van der Waals surface area (Å²) in [6.07, 6.45) is 1.64. The number of aryl methyl sites for hydroxylation is 1. The zero-order chi connectivity index (χ0) is 22.5. The van der Waals surface area contributed by atoms with Gasteiger partial charge in [0.2, 0.25) is 0 Å². The summed E-state index contributed by atoms with van der Waals surface area (Å²) in [6, 6.07) is 16.6. The first kappa shape index (κ1) is 21.6. The van der Waals surface area contributed by atoms with Gasteiger partial charge >= 0.3 is 0 Å². The van der Waals surface area contributed by atoms with E-state index in [2.05, 4.69) is 27.1 Å². The quantitative estimate of drug-likeness (QED) is 0.672. The fourth-order valence-corrected chi connectivity index (χ4v) is 3.78. The molecule has 1 aliphatic heterocycles. The van der Waals surface area contributed by atoms with Crippen molar-refractivity contribution in [1.29, 1.82) is 0 Å². The van der Waals surface area contributed by atoms with Crippen molar-refractivity contribution in [2.24, 2.45) is 0 Å². The predicted octanol–water partition coefficient (Wildman–Crippen LogP) is 3.48. The second-order valence-electron chi connectivity index (χ2n) is 7.82. The molecule has 3 aromatic rings. The van der Waals surface area contributed by atoms with E-state index in [4.69, 9.17) is 0 Å². The molecule has 0 aliphatic carbocycles. The van der Waals surface area contributed by atoms with E-state index in [0.29, 0.717) is 22.6 Å². The maximum Gasteiger partial charge on any atom is 0.276 e. The summed E-state index contributed by atoms with van der Waals surface area (Å²) in [5.74, 6) is -0.297. The Hall–Kier alpha value is -3.58. The van der Waals surface area contributed by atoms with Gasteiger partial charge in [-0.15, -0.1) is 0 Å². The summed E-state index contributed by atoms with van der Waals surface area (Å²) >= 11 is 0. The lowest BCUT2D eigenvalue weighted by molar-refractivity contribution is 0.0643. The third kappa shape index (κ3) is 4.84. The Balaban J connectivity index is 1.55. The Morgan fingerprint density at radius 1 is 1.00 bits per heavy atom. The van der Waals surface area contributed by atoms with Crippen molar-refractivity contribution in [3.63, 3.8) is 0 Å². The molecule has 0 radical (unpaired) electrons. The van der Waals surface area contributed by atoms with Crippen LogP contribution in [0, 0.1) is 6.92 Å². The van der Waals surface area contributed by atoms with Crippen LogP contribution in [0.2, 0.25) is 0 Å². The summed E-state index contributed by atoms with van der Waals surface area (Å²) in [6.45, 7) is 8.14. The number of benzene rings is 2. The number of rotatable bonds is 5. The standard InChI is InChI=1S/C25H27N5O2/c1-3-29-12-14-30(15-13-29)25(32)20-9-7-8-19(16-20)22-17-26-18(2)23(28-22)24(31)27-21-10-5-4-6-11-21/h4-11,16-17H,3,12-15H2,1-2H3,(H,27,31). The highest BCUT2D eigenvalue weighted by molar-refractivity contribution is 6.03. The lowest BCUT2D eigenvalue weighted by Crippen LogP contribution is -2.48. The van der Waals surface area contributed by atoms with Crippen LogP contribution in [0.3, 0.4) is 0 Å². The Kier molecular flexibility index (Phi) is 6.56. The smallest absolute Gasteiger partial charge is 0.276 e. The van der Waals surface area contributed by atoms with Crippen LogP contribution in [0.4, 0.5) is 5.69 Å². The average Bonchev–Trinajstić information content (AvgIpc) is 2.84. The first-order valence-electron chi connectivity index (χ1n) is 10.9. The zero-order valence-electron chi connectivity index (χ0n) is 18.4. The fraction of sp³-hybridized carbons (Fsp3) is 0.280. The molecule has 2 heterocycles. The number of likely N-dealkylation sites (N-methyl/N-ethyl adjacent to an activating group) is 1. The van der Waals surface area contributed by atoms with E-state index < -0.39 is 0 Å². The minimum atomic E-state index is -0.316. The average molecular weight is 430 g/mol. The molecule has 0 unspecified atom stereocenters. The number of nitrogens with zero attached hydrogens (tertiary/aromatic N) is 4. The van der Waals surface area contributed by atoms with Crippen molar-refractivity contribution in [2.75, 3.05) is 38.0 Å². The van der Waals surface area contributed by atoms with E-state index in [1.807, 2.05) is 59.5 Å². The number of nitrogens with one attached hydrogen (secondary N) is 1. The first-order chi connectivity index (χ1) is 15.5. The van der Waals surface area contributed by atoms with Gasteiger partial charge in [0.1, 0.15) is 5.69 Å². The lowest BCUT2D eigenvalue weighted by Gasteiger charge is -2.34. The molecule has 164 valence electrons. The second-order valence-corrected chi connectivity index (χ2v) is 7.82. The number of para-hydroxylation sites is 1. The molecule has 7 heteroatoms. The Morgan fingerprint density at radius 2 is 1.75 bits per heavy atom. The van der Waals surface area contributed by atoms with E-state index in [0.717, 1.165) is 38.3 Å². The van der Waals surface area contributed by atoms with Crippen molar-refractivity contribution >= 4 is 17.5 Å². The number of aromatic nitrogens is 2. The van der Waals surface area contributed by atoms with Crippen molar-refractivity contribution in [3.8, 4) is 11.3 Å².